The average Bonchev–Trinajstić information content (AvgIpc) is 2.64. The highest BCUT2D eigenvalue weighted by molar-refractivity contribution is 5.48. The second-order valence-corrected chi connectivity index (χ2v) is 7.12. The Bertz CT molecular complexity index is 862. The topological polar surface area (TPSA) is 50.7 Å². The number of benzene rings is 2. The maximum atomic E-state index is 8.69. The summed E-state index contributed by atoms with van der Waals surface area (Å²) in [7, 11) is 3.39. The van der Waals surface area contributed by atoms with Crippen molar-refractivity contribution in [1.29, 1.82) is 0 Å². The number of aryl methyl sites for hydroxylation is 1. The fourth-order valence-electron chi connectivity index (χ4n) is 3.51. The van der Waals surface area contributed by atoms with Crippen LogP contribution in [-0.4, -0.2) is 31.4 Å². The van der Waals surface area contributed by atoms with Gasteiger partial charge in [-0.3, -0.25) is 0 Å². The van der Waals surface area contributed by atoms with E-state index in [-0.39, 0.29) is 0 Å². The summed E-state index contributed by atoms with van der Waals surface area (Å²) in [6.07, 6.45) is 4.58. The van der Waals surface area contributed by atoms with Crippen molar-refractivity contribution >= 4 is 0 Å². The van der Waals surface area contributed by atoms with Gasteiger partial charge in [0.05, 0.1) is 14.2 Å². The minimum atomic E-state index is 0.442. The fraction of sp³-hybridized carbons (Fsp3) is 0.455. The lowest BCUT2D eigenvalue weighted by molar-refractivity contribution is 0.351. The van der Waals surface area contributed by atoms with E-state index in [0.29, 0.717) is 17.8 Å². The van der Waals surface area contributed by atoms with Crippen molar-refractivity contribution in [3.63, 3.8) is 0 Å². The van der Waals surface area contributed by atoms with Crippen LogP contribution in [0.25, 0.3) is 0 Å². The SMILES string of the molecule is CCC(C)NC1CCc2cc(OC)c(OC)cc2C1.Oc1cc2ccc1=2. The van der Waals surface area contributed by atoms with Crippen molar-refractivity contribution in [1.82, 2.24) is 5.32 Å². The van der Waals surface area contributed by atoms with Crippen LogP contribution < -0.4 is 14.8 Å². The summed E-state index contributed by atoms with van der Waals surface area (Å²) in [6, 6.07) is 11.1. The molecule has 3 aliphatic carbocycles. The zero-order valence-electron chi connectivity index (χ0n) is 16.1. The van der Waals surface area contributed by atoms with Gasteiger partial charge in [-0.25, -0.2) is 0 Å². The first-order chi connectivity index (χ1) is 12.5. The van der Waals surface area contributed by atoms with Crippen LogP contribution in [0, 0.1) is 10.4 Å². The Morgan fingerprint density at radius 1 is 1.12 bits per heavy atom. The quantitative estimate of drug-likeness (QED) is 0.728. The highest BCUT2D eigenvalue weighted by Crippen LogP contribution is 2.34. The van der Waals surface area contributed by atoms with Gasteiger partial charge in [-0.05, 0) is 67.2 Å². The second kappa shape index (κ2) is 8.00. The lowest BCUT2D eigenvalue weighted by Crippen LogP contribution is -2.39. The Morgan fingerprint density at radius 3 is 2.23 bits per heavy atom. The minimum Gasteiger partial charge on any atom is -0.507 e. The van der Waals surface area contributed by atoms with Gasteiger partial charge >= 0.3 is 0 Å². The molecule has 0 amide bonds. The third kappa shape index (κ3) is 3.80. The van der Waals surface area contributed by atoms with Gasteiger partial charge in [-0.15, -0.1) is 0 Å². The average molecular weight is 355 g/mol. The Kier molecular flexibility index (Phi) is 5.72. The van der Waals surface area contributed by atoms with Crippen LogP contribution in [0.15, 0.2) is 30.3 Å². The van der Waals surface area contributed by atoms with E-state index in [9.17, 15) is 0 Å². The summed E-state index contributed by atoms with van der Waals surface area (Å²) in [4.78, 5) is 0. The third-order valence-corrected chi connectivity index (χ3v) is 5.38. The van der Waals surface area contributed by atoms with Crippen LogP contribution in [0.3, 0.4) is 0 Å². The Balaban J connectivity index is 0.000000229. The molecule has 26 heavy (non-hydrogen) atoms. The molecule has 2 N–H and O–H groups in total. The normalized spacial score (nSPS) is 17.5. The van der Waals surface area contributed by atoms with Gasteiger partial charge in [-0.2, -0.15) is 0 Å². The first-order valence-corrected chi connectivity index (χ1v) is 9.38. The smallest absolute Gasteiger partial charge is 0.161 e. The lowest BCUT2D eigenvalue weighted by Gasteiger charge is -2.29. The van der Waals surface area contributed by atoms with Crippen LogP contribution in [0.1, 0.15) is 37.8 Å². The van der Waals surface area contributed by atoms with Crippen molar-refractivity contribution in [3.8, 4) is 17.2 Å². The van der Waals surface area contributed by atoms with Crippen LogP contribution >= 0.6 is 0 Å². The number of nitrogens with one attached hydrogen (secondary N) is 1. The summed E-state index contributed by atoms with van der Waals surface area (Å²) in [5, 5.41) is 14.6. The standard InChI is InChI=1S/C16H25NO2.C6H4O/c1-5-11(2)17-14-7-6-12-9-15(18-3)16(19-4)10-13(12)8-14;7-6-3-4-1-2-5(4)6/h9-11,14,17H,5-8H2,1-4H3;1-3,7H. The van der Waals surface area contributed by atoms with Crippen LogP contribution in [0.5, 0.6) is 17.2 Å². The zero-order chi connectivity index (χ0) is 18.7. The van der Waals surface area contributed by atoms with E-state index in [0.717, 1.165) is 29.6 Å². The monoisotopic (exact) mass is 355 g/mol. The van der Waals surface area contributed by atoms with Gasteiger partial charge in [0.15, 0.2) is 11.5 Å². The Hall–Kier alpha value is -2.20. The molecule has 2 atom stereocenters. The second-order valence-electron chi connectivity index (χ2n) is 7.12. The molecule has 0 bridgehead atoms. The predicted octanol–water partition coefficient (Wildman–Crippen LogP) is 3.94. The molecule has 4 heteroatoms. The molecule has 1 aromatic carbocycles. The first-order valence-electron chi connectivity index (χ1n) is 9.38. The van der Waals surface area contributed by atoms with Gasteiger partial charge in [0.1, 0.15) is 5.75 Å². The van der Waals surface area contributed by atoms with E-state index >= 15 is 0 Å². The molecule has 3 aliphatic rings. The van der Waals surface area contributed by atoms with Crippen LogP contribution in [0.4, 0.5) is 0 Å². The number of rotatable bonds is 5. The molecule has 4 rings (SSSR count). The largest absolute Gasteiger partial charge is 0.507 e. The van der Waals surface area contributed by atoms with E-state index in [2.05, 4.69) is 31.3 Å². The molecule has 2 unspecified atom stereocenters. The summed E-state index contributed by atoms with van der Waals surface area (Å²) >= 11 is 0. The molecule has 0 radical (unpaired) electrons. The highest BCUT2D eigenvalue weighted by atomic mass is 16.5. The fourth-order valence-corrected chi connectivity index (χ4v) is 3.51. The summed E-state index contributed by atoms with van der Waals surface area (Å²) < 4.78 is 10.8. The summed E-state index contributed by atoms with van der Waals surface area (Å²) in [6.45, 7) is 4.48. The van der Waals surface area contributed by atoms with Crippen molar-refractivity contribution in [3.05, 3.63) is 51.9 Å². The van der Waals surface area contributed by atoms with E-state index in [1.54, 1.807) is 20.3 Å². The molecule has 0 saturated carbocycles. The molecule has 0 heterocycles. The third-order valence-electron chi connectivity index (χ3n) is 5.38. The molecule has 4 nitrogen and oxygen atoms in total. The molecule has 0 aromatic heterocycles. The summed E-state index contributed by atoms with van der Waals surface area (Å²) in [5.74, 6) is 2.12. The molecule has 0 spiro atoms. The van der Waals surface area contributed by atoms with Gasteiger partial charge in [0, 0.05) is 17.3 Å². The number of hydrogen-bond donors (Lipinski definition) is 2. The molecule has 0 fully saturated rings. The predicted molar refractivity (Wildman–Crippen MR) is 104 cm³/mol. The van der Waals surface area contributed by atoms with Crippen molar-refractivity contribution < 1.29 is 14.6 Å². The zero-order valence-corrected chi connectivity index (χ0v) is 16.1. The minimum absolute atomic E-state index is 0.442. The number of phenols is 1. The number of fused-ring (bicyclic) bond motifs is 1. The molecular formula is C22H29NO3. The number of phenolic OH excluding ortho intramolecular Hbond substituents is 1. The number of methoxy groups -OCH3 is 2. The van der Waals surface area contributed by atoms with E-state index < -0.39 is 0 Å². The van der Waals surface area contributed by atoms with Crippen molar-refractivity contribution in [2.45, 2.75) is 51.6 Å². The van der Waals surface area contributed by atoms with E-state index in [1.807, 2.05) is 12.1 Å². The highest BCUT2D eigenvalue weighted by Gasteiger charge is 2.21. The molecule has 0 aliphatic heterocycles. The van der Waals surface area contributed by atoms with Crippen molar-refractivity contribution in [2.75, 3.05) is 14.2 Å². The maximum absolute atomic E-state index is 8.69. The number of ether oxygens (including phenoxy) is 2. The number of hydrogen-bond acceptors (Lipinski definition) is 4. The summed E-state index contributed by atoms with van der Waals surface area (Å²) in [5.41, 5.74) is 2.80. The molecular weight excluding hydrogens is 326 g/mol. The van der Waals surface area contributed by atoms with Crippen LogP contribution in [0.2, 0.25) is 0 Å². The van der Waals surface area contributed by atoms with Crippen LogP contribution in [-0.2, 0) is 12.8 Å². The van der Waals surface area contributed by atoms with E-state index in [1.165, 1.54) is 29.2 Å². The van der Waals surface area contributed by atoms with Crippen molar-refractivity contribution in [2.24, 2.45) is 0 Å². The van der Waals surface area contributed by atoms with Gasteiger partial charge in [0.25, 0.3) is 0 Å². The van der Waals surface area contributed by atoms with E-state index in [4.69, 9.17) is 14.6 Å². The first kappa shape index (κ1) is 18.6. The van der Waals surface area contributed by atoms with Gasteiger partial charge < -0.3 is 19.9 Å². The van der Waals surface area contributed by atoms with Gasteiger partial charge in [-0.1, -0.05) is 19.1 Å². The van der Waals surface area contributed by atoms with Gasteiger partial charge in [0.2, 0.25) is 0 Å². The lowest BCUT2D eigenvalue weighted by atomic mass is 9.87. The Labute approximate surface area is 155 Å². The molecule has 0 saturated heterocycles. The number of aromatic hydroxyl groups is 1. The maximum Gasteiger partial charge on any atom is 0.161 e. The Morgan fingerprint density at radius 2 is 1.81 bits per heavy atom. The molecule has 1 aromatic rings. The molecule has 140 valence electrons.